The summed E-state index contributed by atoms with van der Waals surface area (Å²) in [6, 6.07) is 47.4. The molecule has 8 heterocycles. The van der Waals surface area contributed by atoms with Gasteiger partial charge in [-0.05, 0) is 140 Å². The number of para-hydroxylation sites is 3. The summed E-state index contributed by atoms with van der Waals surface area (Å²) >= 11 is 13.9. The number of rotatable bonds is 23. The minimum absolute atomic E-state index is 0.101. The molecule has 11 rings (SSSR count). The van der Waals surface area contributed by atoms with Crippen LogP contribution in [0.4, 0.5) is 38.0 Å². The van der Waals surface area contributed by atoms with Crippen LogP contribution in [0.2, 0.25) is 0 Å². The molecule has 3 aromatic carbocycles. The van der Waals surface area contributed by atoms with Crippen LogP contribution >= 0.6 is 98.5 Å². The lowest BCUT2D eigenvalue weighted by atomic mass is 10.1. The number of amides is 1. The van der Waals surface area contributed by atoms with Crippen LogP contribution in [0.3, 0.4) is 0 Å². The Bertz CT molecular complexity index is 3660. The maximum atomic E-state index is 11.4. The molecule has 458 valence electrons. The zero-order valence-electron chi connectivity index (χ0n) is 48.4. The highest BCUT2D eigenvalue weighted by molar-refractivity contribution is 15.0. The molecule has 0 radical (unpaired) electrons. The monoisotopic (exact) mass is 1540 g/mol. The average molecular weight is 1550 g/mol. The van der Waals surface area contributed by atoms with E-state index in [4.69, 9.17) is 20.7 Å². The van der Waals surface area contributed by atoms with Crippen molar-refractivity contribution in [1.29, 1.82) is 0 Å². The first-order valence-corrected chi connectivity index (χ1v) is 38.5. The minimum Gasteiger partial charge on any atom is -0.466 e. The van der Waals surface area contributed by atoms with E-state index in [1.165, 1.54) is 20.7 Å². The standard InChI is InChI=1S/C21H27N3O2S.C19H22N4O2S.C12H9N3S.C7H6N2S.C5H4BrN.I2/c1-3-5-12-18-17-23-21(27-18)24(19-13-9-10-15-22-19)16-11-7-6-8-14-20(25)26-4-2;24-18(22-25)12-3-1-2-8-14-23(17-11-6-7-13-20-17)19-21-15-9-4-5-10-16(15)26-19;1-2-6-10-9(5-1)14-12(16-10)15-11-7-3-4-8-13-11;8-7-9-5-3-1-2-4-6(5)10-7;6-5-3-1-2-4-7-5;1-2/h3,5,9-10,12-13,15,17H,1,4,6-8,11,14,16H2,2H3;4-7,9-11,13,25H,1-3,8,12,14H2,(H,22,24);1-8H,(H,13,14,15);1-4H,(H2,8,9);1-4H;/b12-5-;;;;;. The number of benzene rings is 3. The highest BCUT2D eigenvalue weighted by Gasteiger charge is 2.16. The Morgan fingerprint density at radius 3 is 1.64 bits per heavy atom. The average Bonchev–Trinajstić information content (AvgIpc) is 3.38. The van der Waals surface area contributed by atoms with Crippen molar-refractivity contribution in [3.05, 3.63) is 205 Å². The summed E-state index contributed by atoms with van der Waals surface area (Å²) < 4.78 is 9.34. The normalized spacial score (nSPS) is 10.4. The second kappa shape index (κ2) is 41.3. The van der Waals surface area contributed by atoms with Crippen LogP contribution < -0.4 is 26.3 Å². The number of pyridine rings is 4. The van der Waals surface area contributed by atoms with Gasteiger partial charge in [-0.1, -0.05) is 150 Å². The number of thiazole rings is 4. The lowest BCUT2D eigenvalue weighted by molar-refractivity contribution is -0.143. The van der Waals surface area contributed by atoms with Gasteiger partial charge in [-0.2, -0.15) is 0 Å². The van der Waals surface area contributed by atoms with E-state index in [2.05, 4.69) is 122 Å². The quantitative estimate of drug-likeness (QED) is 0.00889. The summed E-state index contributed by atoms with van der Waals surface area (Å²) in [6.45, 7) is 7.65. The predicted molar refractivity (Wildman–Crippen MR) is 387 cm³/mol. The van der Waals surface area contributed by atoms with Gasteiger partial charge in [0.2, 0.25) is 5.91 Å². The molecule has 0 saturated heterocycles. The topological polar surface area (TPSA) is 223 Å². The molecule has 8 aromatic heterocycles. The Labute approximate surface area is 561 Å². The Morgan fingerprint density at radius 2 is 1.12 bits per heavy atom. The minimum atomic E-state index is -0.324. The lowest BCUT2D eigenvalue weighted by Crippen LogP contribution is -2.19. The number of aromatic nitrogens is 8. The second-order valence-electron chi connectivity index (χ2n) is 18.5. The third-order valence-electron chi connectivity index (χ3n) is 12.1. The van der Waals surface area contributed by atoms with Crippen molar-refractivity contribution in [2.75, 3.05) is 40.5 Å². The summed E-state index contributed by atoms with van der Waals surface area (Å²) in [6.07, 6.45) is 23.1. The Morgan fingerprint density at radius 1 is 0.602 bits per heavy atom. The maximum Gasteiger partial charge on any atom is 0.305 e. The van der Waals surface area contributed by atoms with Gasteiger partial charge in [-0.3, -0.25) is 14.8 Å². The summed E-state index contributed by atoms with van der Waals surface area (Å²) in [7, 11) is 0. The number of ether oxygens (including phenoxy) is 1. The van der Waals surface area contributed by atoms with Crippen LogP contribution in [0.5, 0.6) is 0 Å². The molecule has 0 unspecified atom stereocenters. The van der Waals surface area contributed by atoms with E-state index in [0.29, 0.717) is 24.6 Å². The molecule has 0 aliphatic heterocycles. The zero-order chi connectivity index (χ0) is 62.4. The van der Waals surface area contributed by atoms with Gasteiger partial charge in [0.25, 0.3) is 0 Å². The van der Waals surface area contributed by atoms with Gasteiger partial charge >= 0.3 is 5.97 Å². The molecule has 0 aliphatic carbocycles. The molecule has 0 atom stereocenters. The number of nitrogen functional groups attached to an aromatic ring is 1. The van der Waals surface area contributed by atoms with Crippen LogP contribution in [0.25, 0.3) is 36.7 Å². The van der Waals surface area contributed by atoms with E-state index in [1.54, 1.807) is 70.4 Å². The Balaban J connectivity index is 0.000000186. The molecule has 17 nitrogen and oxygen atoms in total. The number of esters is 1. The molecular weight excluding hydrogens is 1480 g/mol. The zero-order valence-corrected chi connectivity index (χ0v) is 57.5. The molecule has 0 bridgehead atoms. The first kappa shape index (κ1) is 70.2. The number of unbranched alkanes of at least 4 members (excludes halogenated alkanes) is 6. The number of carbonyl (C=O) groups is 2. The van der Waals surface area contributed by atoms with Crippen molar-refractivity contribution < 1.29 is 19.5 Å². The molecule has 0 fully saturated rings. The van der Waals surface area contributed by atoms with Crippen molar-refractivity contribution in [1.82, 2.24) is 45.4 Å². The van der Waals surface area contributed by atoms with Crippen molar-refractivity contribution in [2.24, 2.45) is 0 Å². The first-order chi connectivity index (χ1) is 43.2. The van der Waals surface area contributed by atoms with Gasteiger partial charge in [0.1, 0.15) is 22.1 Å². The van der Waals surface area contributed by atoms with E-state index in [9.17, 15) is 9.59 Å². The second-order valence-corrected chi connectivity index (χ2v) is 23.4. The summed E-state index contributed by atoms with van der Waals surface area (Å²) in [5.74, 6) is 2.19. The highest BCUT2D eigenvalue weighted by Crippen LogP contribution is 2.34. The van der Waals surface area contributed by atoms with Gasteiger partial charge in [0.15, 0.2) is 20.5 Å². The smallest absolute Gasteiger partial charge is 0.305 e. The van der Waals surface area contributed by atoms with E-state index in [-0.39, 0.29) is 11.9 Å². The maximum absolute atomic E-state index is 11.4. The van der Waals surface area contributed by atoms with Gasteiger partial charge in [0.05, 0.1) is 37.3 Å². The van der Waals surface area contributed by atoms with Crippen molar-refractivity contribution in [3.63, 3.8) is 0 Å². The fourth-order valence-corrected chi connectivity index (χ4v) is 11.8. The number of hydrogen-bond acceptors (Lipinski definition) is 20. The molecular formula is C64H68BrI2N13O4S4. The van der Waals surface area contributed by atoms with E-state index < -0.39 is 0 Å². The van der Waals surface area contributed by atoms with Gasteiger partial charge in [-0.15, -0.1) is 0 Å². The SMILES string of the molecule is Brc1ccccn1.C=C/C=C\c1cnc(N(CCCCCCC(=O)OCC)c2ccccn2)s1.II.Nc1nc2ccccc2s1.O=C(CCCCCCN(c1ccccn1)c1nc2ccccc2s1)NO.c1ccc(Nc2nc3ccccc3s2)nc1. The highest BCUT2D eigenvalue weighted by atomic mass is 128. The number of anilines is 7. The molecule has 11 aromatic rings. The molecule has 5 N–H and O–H groups in total. The number of hydrogen-bond donors (Lipinski definition) is 4. The van der Waals surface area contributed by atoms with Crippen LogP contribution in [0.1, 0.15) is 76.0 Å². The summed E-state index contributed by atoms with van der Waals surface area (Å²) in [5, 5.41) is 15.1. The van der Waals surface area contributed by atoms with Gasteiger partial charge < -0.3 is 25.6 Å². The number of nitrogens with zero attached hydrogens (tertiary/aromatic N) is 10. The van der Waals surface area contributed by atoms with E-state index in [1.807, 2.05) is 159 Å². The van der Waals surface area contributed by atoms with E-state index >= 15 is 0 Å². The number of hydroxylamine groups is 1. The third-order valence-corrected chi connectivity index (χ3v) is 16.4. The summed E-state index contributed by atoms with van der Waals surface area (Å²) in [5.41, 5.74) is 10.2. The first-order valence-electron chi connectivity index (χ1n) is 28.1. The predicted octanol–water partition coefficient (Wildman–Crippen LogP) is 18.6. The Hall–Kier alpha value is -6.92. The number of nitrogens with one attached hydrogen (secondary N) is 2. The van der Waals surface area contributed by atoms with E-state index in [0.717, 1.165) is 128 Å². The van der Waals surface area contributed by atoms with Crippen LogP contribution in [-0.4, -0.2) is 76.7 Å². The number of halogens is 3. The van der Waals surface area contributed by atoms with Crippen LogP contribution in [-0.2, 0) is 14.3 Å². The van der Waals surface area contributed by atoms with Crippen LogP contribution in [0, 0.1) is 0 Å². The third kappa shape index (κ3) is 25.3. The van der Waals surface area contributed by atoms with Gasteiger partial charge in [-0.25, -0.2) is 45.4 Å². The number of carbonyl (C=O) groups excluding carboxylic acids is 2. The molecule has 1 amide bonds. The number of allylic oxidation sites excluding steroid dienone is 2. The largest absolute Gasteiger partial charge is 0.466 e. The molecule has 24 heteroatoms. The van der Waals surface area contributed by atoms with Crippen molar-refractivity contribution in [2.45, 2.75) is 71.1 Å². The summed E-state index contributed by atoms with van der Waals surface area (Å²) in [4.78, 5) is 62.8. The fourth-order valence-electron chi connectivity index (χ4n) is 8.06. The Kier molecular flexibility index (Phi) is 33.0. The van der Waals surface area contributed by atoms with Gasteiger partial charge in [0, 0.05) is 99.0 Å². The number of fused-ring (bicyclic) bond motifs is 3. The molecule has 0 spiro atoms. The van der Waals surface area contributed by atoms with Crippen molar-refractivity contribution in [3.8, 4) is 0 Å². The fraction of sp³-hybridized carbons (Fsp3) is 0.219. The molecule has 0 aliphatic rings. The van der Waals surface area contributed by atoms with Crippen LogP contribution in [0.15, 0.2) is 200 Å². The number of nitrogens with two attached hydrogens (primary N) is 1. The lowest BCUT2D eigenvalue weighted by Gasteiger charge is -2.20. The molecule has 0 saturated carbocycles. The molecule has 88 heavy (non-hydrogen) atoms. The van der Waals surface area contributed by atoms with Crippen molar-refractivity contribution >= 4 is 185 Å².